The van der Waals surface area contributed by atoms with Crippen LogP contribution >= 0.6 is 11.3 Å². The van der Waals surface area contributed by atoms with Gasteiger partial charge in [0.05, 0.1) is 17.0 Å². The van der Waals surface area contributed by atoms with Crippen LogP contribution in [0.3, 0.4) is 0 Å². The number of rotatable bonds is 4. The molecule has 2 aromatic rings. The van der Waals surface area contributed by atoms with Crippen LogP contribution in [-0.4, -0.2) is 14.8 Å². The van der Waals surface area contributed by atoms with Gasteiger partial charge in [0.2, 0.25) is 0 Å². The van der Waals surface area contributed by atoms with Crippen molar-refractivity contribution in [3.8, 4) is 6.07 Å². The first-order chi connectivity index (χ1) is 13.5. The number of nitrogens with zero attached hydrogens (tertiary/aromatic N) is 4. The molecule has 4 nitrogen and oxygen atoms in total. The molecule has 0 aliphatic heterocycles. The summed E-state index contributed by atoms with van der Waals surface area (Å²) in [7, 11) is 0. The third kappa shape index (κ3) is 2.76. The third-order valence-electron chi connectivity index (χ3n) is 7.46. The molecule has 0 unspecified atom stereocenters. The fourth-order valence-corrected chi connectivity index (χ4v) is 7.49. The predicted molar refractivity (Wildman–Crippen MR) is 113 cm³/mol. The number of aromatic nitrogens is 3. The molecular weight excluding hydrogens is 364 g/mol. The van der Waals surface area contributed by atoms with Crippen LogP contribution in [0, 0.1) is 42.9 Å². The van der Waals surface area contributed by atoms with Crippen LogP contribution in [0.2, 0.25) is 0 Å². The van der Waals surface area contributed by atoms with Crippen LogP contribution in [0.15, 0.2) is 5.38 Å². The van der Waals surface area contributed by atoms with E-state index in [9.17, 15) is 5.26 Å². The fourth-order valence-electron chi connectivity index (χ4n) is 6.58. The van der Waals surface area contributed by atoms with Crippen molar-refractivity contribution in [1.29, 1.82) is 5.26 Å². The van der Waals surface area contributed by atoms with Gasteiger partial charge < -0.3 is 0 Å². The highest BCUT2D eigenvalue weighted by Gasteiger charge is 2.52. The van der Waals surface area contributed by atoms with E-state index in [4.69, 9.17) is 4.98 Å². The van der Waals surface area contributed by atoms with Crippen molar-refractivity contribution in [1.82, 2.24) is 14.8 Å². The summed E-state index contributed by atoms with van der Waals surface area (Å²) >= 11 is 1.65. The number of hydrogen-bond acceptors (Lipinski definition) is 4. The zero-order valence-electron chi connectivity index (χ0n) is 17.0. The fraction of sp³-hybridized carbons (Fsp3) is 0.609. The van der Waals surface area contributed by atoms with Gasteiger partial charge in [-0.1, -0.05) is 0 Å². The average Bonchev–Trinajstić information content (AvgIpc) is 3.25. The van der Waals surface area contributed by atoms with E-state index in [1.165, 1.54) is 44.2 Å². The summed E-state index contributed by atoms with van der Waals surface area (Å²) in [4.78, 5) is 5.05. The monoisotopic (exact) mass is 392 g/mol. The Kier molecular flexibility index (Phi) is 4.24. The second-order valence-electron chi connectivity index (χ2n) is 9.31. The van der Waals surface area contributed by atoms with Crippen LogP contribution in [0.4, 0.5) is 0 Å². The lowest BCUT2D eigenvalue weighted by atomic mass is 9.49. The predicted octanol–water partition coefficient (Wildman–Crippen LogP) is 5.51. The van der Waals surface area contributed by atoms with Gasteiger partial charge in [-0.3, -0.25) is 4.68 Å². The Bertz CT molecular complexity index is 952. The topological polar surface area (TPSA) is 54.5 Å². The second kappa shape index (κ2) is 6.56. The largest absolute Gasteiger partial charge is 0.269 e. The van der Waals surface area contributed by atoms with Gasteiger partial charge in [0.1, 0.15) is 11.1 Å². The summed E-state index contributed by atoms with van der Waals surface area (Å²) in [5.41, 5.74) is 5.39. The van der Waals surface area contributed by atoms with Gasteiger partial charge in [-0.15, -0.1) is 11.3 Å². The van der Waals surface area contributed by atoms with Crippen LogP contribution < -0.4 is 0 Å². The van der Waals surface area contributed by atoms with E-state index in [2.05, 4.69) is 30.4 Å². The Hall–Kier alpha value is -1.93. The van der Waals surface area contributed by atoms with Crippen molar-refractivity contribution in [2.24, 2.45) is 17.8 Å². The maximum absolute atomic E-state index is 9.85. The Morgan fingerprint density at radius 2 is 1.89 bits per heavy atom. The lowest BCUT2D eigenvalue weighted by Crippen LogP contribution is -2.48. The van der Waals surface area contributed by atoms with Crippen LogP contribution in [0.5, 0.6) is 0 Å². The number of allylic oxidation sites excluding steroid dienone is 1. The number of nitriles is 1. The molecule has 0 amide bonds. The molecule has 0 atom stereocenters. The van der Waals surface area contributed by atoms with E-state index in [0.29, 0.717) is 11.0 Å². The van der Waals surface area contributed by atoms with Gasteiger partial charge in [-0.05, 0) is 83.1 Å². The van der Waals surface area contributed by atoms with Gasteiger partial charge >= 0.3 is 0 Å². The SMILES string of the molecule is CCn1nc(C)c(/C=C(/C#N)c2nc(C34CC5CC(CC(C5)C3)C4)cs2)c1C. The summed E-state index contributed by atoms with van der Waals surface area (Å²) in [6, 6.07) is 2.41. The van der Waals surface area contributed by atoms with Gasteiger partial charge in [-0.25, -0.2) is 4.98 Å². The summed E-state index contributed by atoms with van der Waals surface area (Å²) in [5.74, 6) is 2.73. The van der Waals surface area contributed by atoms with E-state index in [1.54, 1.807) is 11.3 Å². The summed E-state index contributed by atoms with van der Waals surface area (Å²) in [6.07, 6.45) is 10.3. The summed E-state index contributed by atoms with van der Waals surface area (Å²) in [6.45, 7) is 7.03. The van der Waals surface area contributed by atoms with E-state index in [1.807, 2.05) is 17.7 Å². The van der Waals surface area contributed by atoms with Gasteiger partial charge in [-0.2, -0.15) is 10.4 Å². The Morgan fingerprint density at radius 1 is 1.25 bits per heavy atom. The highest BCUT2D eigenvalue weighted by Crippen LogP contribution is 2.60. The first-order valence-corrected chi connectivity index (χ1v) is 11.5. The smallest absolute Gasteiger partial charge is 0.134 e. The molecular formula is C23H28N4S. The highest BCUT2D eigenvalue weighted by atomic mass is 32.1. The molecule has 4 fully saturated rings. The van der Waals surface area contributed by atoms with Gasteiger partial charge in [0.15, 0.2) is 0 Å². The molecule has 4 aliphatic rings. The molecule has 0 aromatic carbocycles. The van der Waals surface area contributed by atoms with Crippen LogP contribution in [0.1, 0.15) is 73.1 Å². The molecule has 5 heteroatoms. The third-order valence-corrected chi connectivity index (χ3v) is 8.34. The molecule has 4 aliphatic carbocycles. The zero-order valence-corrected chi connectivity index (χ0v) is 17.9. The molecule has 4 saturated carbocycles. The lowest BCUT2D eigenvalue weighted by Gasteiger charge is -2.56. The van der Waals surface area contributed by atoms with E-state index in [-0.39, 0.29) is 0 Å². The van der Waals surface area contributed by atoms with Crippen molar-refractivity contribution in [2.45, 2.75) is 71.3 Å². The number of aryl methyl sites for hydroxylation is 2. The maximum atomic E-state index is 9.85. The molecule has 0 spiro atoms. The van der Waals surface area contributed by atoms with Gasteiger partial charge in [0, 0.05) is 28.6 Å². The van der Waals surface area contributed by atoms with Crippen molar-refractivity contribution in [3.63, 3.8) is 0 Å². The minimum Gasteiger partial charge on any atom is -0.269 e. The average molecular weight is 393 g/mol. The molecule has 28 heavy (non-hydrogen) atoms. The van der Waals surface area contributed by atoms with Crippen molar-refractivity contribution in [3.05, 3.63) is 33.0 Å². The number of hydrogen-bond donors (Lipinski definition) is 0. The molecule has 2 heterocycles. The first kappa shape index (κ1) is 18.1. The lowest BCUT2D eigenvalue weighted by molar-refractivity contribution is -0.00694. The minimum atomic E-state index is 0.295. The van der Waals surface area contributed by atoms with Crippen LogP contribution in [-0.2, 0) is 12.0 Å². The molecule has 0 saturated heterocycles. The second-order valence-corrected chi connectivity index (χ2v) is 10.2. The summed E-state index contributed by atoms with van der Waals surface area (Å²) < 4.78 is 2.00. The van der Waals surface area contributed by atoms with Crippen molar-refractivity contribution < 1.29 is 0 Å². The molecule has 0 radical (unpaired) electrons. The minimum absolute atomic E-state index is 0.295. The number of thiazole rings is 1. The van der Waals surface area contributed by atoms with Crippen molar-refractivity contribution in [2.75, 3.05) is 0 Å². The molecule has 2 aromatic heterocycles. The standard InChI is InChI=1S/C23H28N4S/c1-4-27-15(3)20(14(2)26-27)8-19(12-24)22-25-21(13-28-22)23-9-16-5-17(10-23)7-18(6-16)11-23/h8,13,16-18H,4-7,9-11H2,1-3H3/b19-8-. The zero-order chi connectivity index (χ0) is 19.5. The first-order valence-electron chi connectivity index (χ1n) is 10.6. The quantitative estimate of drug-likeness (QED) is 0.645. The Morgan fingerprint density at radius 3 is 2.43 bits per heavy atom. The maximum Gasteiger partial charge on any atom is 0.134 e. The molecule has 146 valence electrons. The van der Waals surface area contributed by atoms with Crippen molar-refractivity contribution >= 4 is 23.0 Å². The van der Waals surface area contributed by atoms with E-state index < -0.39 is 0 Å². The molecule has 4 bridgehead atoms. The van der Waals surface area contributed by atoms with Crippen LogP contribution in [0.25, 0.3) is 11.6 Å². The Labute approximate surface area is 171 Å². The Balaban J connectivity index is 1.49. The summed E-state index contributed by atoms with van der Waals surface area (Å²) in [5, 5.41) is 17.6. The van der Waals surface area contributed by atoms with E-state index in [0.717, 1.165) is 46.3 Å². The van der Waals surface area contributed by atoms with Gasteiger partial charge in [0.25, 0.3) is 0 Å². The highest BCUT2D eigenvalue weighted by molar-refractivity contribution is 7.11. The molecule has 6 rings (SSSR count). The molecule has 0 N–H and O–H groups in total. The normalized spacial score (nSPS) is 31.4. The van der Waals surface area contributed by atoms with E-state index >= 15 is 0 Å².